The first kappa shape index (κ1) is 20.2. The third-order valence-electron chi connectivity index (χ3n) is 9.99. The highest BCUT2D eigenvalue weighted by atomic mass is 31.1. The smallest absolute Gasteiger partial charge is 0.192 e. The molecular formula is C26H37O2P. The Morgan fingerprint density at radius 1 is 0.966 bits per heavy atom. The second-order valence-electron chi connectivity index (χ2n) is 11.4. The lowest BCUT2D eigenvalue weighted by Crippen LogP contribution is -2.50. The zero-order valence-corrected chi connectivity index (χ0v) is 19.0. The van der Waals surface area contributed by atoms with Crippen LogP contribution in [0.3, 0.4) is 0 Å². The van der Waals surface area contributed by atoms with Crippen LogP contribution in [0.15, 0.2) is 24.3 Å². The third kappa shape index (κ3) is 3.43. The molecule has 0 amide bonds. The van der Waals surface area contributed by atoms with Gasteiger partial charge in [0.2, 0.25) is 0 Å². The number of hydrogen-bond donors (Lipinski definition) is 1. The van der Waals surface area contributed by atoms with Gasteiger partial charge in [0, 0.05) is 5.30 Å². The molecule has 0 unspecified atom stereocenters. The van der Waals surface area contributed by atoms with Crippen molar-refractivity contribution in [2.75, 3.05) is 0 Å². The molecule has 0 bridgehead atoms. The van der Waals surface area contributed by atoms with Gasteiger partial charge in [-0.25, -0.2) is 0 Å². The van der Waals surface area contributed by atoms with Gasteiger partial charge in [-0.3, -0.25) is 4.57 Å². The summed E-state index contributed by atoms with van der Waals surface area (Å²) in [6.45, 7) is 4.66. The van der Waals surface area contributed by atoms with Crippen molar-refractivity contribution in [3.63, 3.8) is 0 Å². The Kier molecular flexibility index (Phi) is 5.19. The minimum Gasteiger partial charge on any atom is -0.390 e. The highest BCUT2D eigenvalue weighted by molar-refractivity contribution is 7.34. The summed E-state index contributed by atoms with van der Waals surface area (Å²) in [4.78, 5) is 0. The van der Waals surface area contributed by atoms with E-state index in [-0.39, 0.29) is 8.46 Å². The summed E-state index contributed by atoms with van der Waals surface area (Å²) in [7, 11) is 0.167. The maximum absolute atomic E-state index is 11.6. The molecule has 0 aliphatic heterocycles. The molecule has 4 saturated carbocycles. The number of benzene rings is 1. The zero-order chi connectivity index (χ0) is 20.2. The molecule has 4 fully saturated rings. The summed E-state index contributed by atoms with van der Waals surface area (Å²) < 4.78 is 11.6. The Morgan fingerprint density at radius 3 is 2.59 bits per heavy atom. The lowest BCUT2D eigenvalue weighted by Gasteiger charge is -2.57. The van der Waals surface area contributed by atoms with E-state index in [1.165, 1.54) is 50.5 Å². The molecule has 0 saturated heterocycles. The maximum Gasteiger partial charge on any atom is 0.192 e. The molecule has 3 heteroatoms. The predicted molar refractivity (Wildman–Crippen MR) is 119 cm³/mol. The van der Waals surface area contributed by atoms with E-state index in [9.17, 15) is 9.67 Å². The van der Waals surface area contributed by atoms with Crippen molar-refractivity contribution >= 4 is 13.8 Å². The van der Waals surface area contributed by atoms with Gasteiger partial charge in [-0.05, 0) is 124 Å². The van der Waals surface area contributed by atoms with Crippen LogP contribution >= 0.6 is 8.46 Å². The lowest BCUT2D eigenvalue weighted by atomic mass is 9.49. The van der Waals surface area contributed by atoms with Gasteiger partial charge in [-0.15, -0.1) is 0 Å². The molecule has 5 rings (SSSR count). The minimum absolute atomic E-state index is 0.167. The van der Waals surface area contributed by atoms with E-state index < -0.39 is 5.60 Å². The van der Waals surface area contributed by atoms with Gasteiger partial charge in [0.15, 0.2) is 8.46 Å². The molecule has 0 aromatic heterocycles. The Hall–Kier alpha value is -0.720. The summed E-state index contributed by atoms with van der Waals surface area (Å²) >= 11 is 0. The predicted octanol–water partition coefficient (Wildman–Crippen LogP) is 6.17. The molecule has 2 nitrogen and oxygen atoms in total. The van der Waals surface area contributed by atoms with Crippen LogP contribution in [-0.2, 0) is 11.0 Å². The van der Waals surface area contributed by atoms with Crippen LogP contribution in [0.4, 0.5) is 0 Å². The standard InChI is InChI=1S/C26H37O2P/c1-25(27)13-11-20-18(16-25)7-9-22-21(20)12-14-26(2)19(8-10-23(22)26)15-17-5-3-4-6-24(17)29-28/h3-6,18-23,27H,7-16H2,1-2H3/t18-,19+,20+,21-,22-,23+,25-,26+/m1/s1. The Balaban J connectivity index is 1.34. The number of rotatable bonds is 3. The lowest BCUT2D eigenvalue weighted by molar-refractivity contribution is -0.0995. The van der Waals surface area contributed by atoms with Crippen molar-refractivity contribution in [1.82, 2.24) is 0 Å². The number of aliphatic hydroxyl groups is 1. The van der Waals surface area contributed by atoms with Crippen LogP contribution in [0.5, 0.6) is 0 Å². The van der Waals surface area contributed by atoms with E-state index in [0.717, 1.165) is 60.1 Å². The minimum atomic E-state index is -0.413. The van der Waals surface area contributed by atoms with Crippen LogP contribution in [-0.4, -0.2) is 10.7 Å². The van der Waals surface area contributed by atoms with Crippen LogP contribution in [0, 0.1) is 40.9 Å². The topological polar surface area (TPSA) is 37.3 Å². The largest absolute Gasteiger partial charge is 0.390 e. The monoisotopic (exact) mass is 412 g/mol. The molecular weight excluding hydrogens is 375 g/mol. The zero-order valence-electron chi connectivity index (χ0n) is 18.1. The van der Waals surface area contributed by atoms with Crippen molar-refractivity contribution in [3.05, 3.63) is 29.8 Å². The van der Waals surface area contributed by atoms with Crippen LogP contribution in [0.1, 0.15) is 77.2 Å². The molecule has 8 atom stereocenters. The quantitative estimate of drug-likeness (QED) is 0.603. The van der Waals surface area contributed by atoms with E-state index >= 15 is 0 Å². The van der Waals surface area contributed by atoms with Crippen molar-refractivity contribution < 1.29 is 9.67 Å². The van der Waals surface area contributed by atoms with Gasteiger partial charge >= 0.3 is 0 Å². The molecule has 4 aliphatic rings. The maximum atomic E-state index is 11.6. The molecule has 1 aromatic carbocycles. The average molecular weight is 413 g/mol. The number of hydrogen-bond acceptors (Lipinski definition) is 2. The summed E-state index contributed by atoms with van der Waals surface area (Å²) in [5.74, 6) is 5.08. The molecule has 29 heavy (non-hydrogen) atoms. The van der Waals surface area contributed by atoms with E-state index in [1.807, 2.05) is 12.1 Å². The number of fused-ring (bicyclic) bond motifs is 5. The normalized spacial score (nSPS) is 46.7. The molecule has 0 spiro atoms. The Labute approximate surface area is 178 Å². The van der Waals surface area contributed by atoms with Gasteiger partial charge in [-0.2, -0.15) is 0 Å². The first-order valence-corrected chi connectivity index (χ1v) is 12.9. The first-order valence-electron chi connectivity index (χ1n) is 12.0. The Bertz CT molecular complexity index is 774. The van der Waals surface area contributed by atoms with Gasteiger partial charge < -0.3 is 5.11 Å². The summed E-state index contributed by atoms with van der Waals surface area (Å²) in [5, 5.41) is 11.6. The van der Waals surface area contributed by atoms with E-state index in [2.05, 4.69) is 26.0 Å². The highest BCUT2D eigenvalue weighted by Crippen LogP contribution is 2.64. The van der Waals surface area contributed by atoms with Crippen LogP contribution in [0.2, 0.25) is 0 Å². The second-order valence-corrected chi connectivity index (χ2v) is 12.1. The van der Waals surface area contributed by atoms with Gasteiger partial charge in [0.05, 0.1) is 5.60 Å². The van der Waals surface area contributed by atoms with E-state index in [1.54, 1.807) is 0 Å². The molecule has 0 heterocycles. The molecule has 4 aliphatic carbocycles. The third-order valence-corrected chi connectivity index (χ3v) is 10.6. The van der Waals surface area contributed by atoms with Crippen molar-refractivity contribution in [1.29, 1.82) is 0 Å². The second kappa shape index (κ2) is 7.45. The average Bonchev–Trinajstić information content (AvgIpc) is 3.03. The van der Waals surface area contributed by atoms with Crippen LogP contribution in [0.25, 0.3) is 0 Å². The fourth-order valence-electron chi connectivity index (χ4n) is 8.56. The van der Waals surface area contributed by atoms with Crippen LogP contribution < -0.4 is 5.30 Å². The SMILES string of the molecule is C[C@@]1(O)CC[C@H]2[C@H](CC[C@@H]3[C@@H]2CC[C@@]2(C)[C@H](Cc4ccccc4P=O)CC[C@@H]32)C1. The molecule has 1 N–H and O–H groups in total. The molecule has 158 valence electrons. The fourth-order valence-corrected chi connectivity index (χ4v) is 8.99. The fraction of sp³-hybridized carbons (Fsp3) is 0.769. The summed E-state index contributed by atoms with van der Waals surface area (Å²) in [5.41, 5.74) is 1.35. The van der Waals surface area contributed by atoms with E-state index in [4.69, 9.17) is 0 Å². The first-order chi connectivity index (χ1) is 13.9. The van der Waals surface area contributed by atoms with Crippen molar-refractivity contribution in [2.45, 2.75) is 83.7 Å². The van der Waals surface area contributed by atoms with Crippen molar-refractivity contribution in [2.24, 2.45) is 40.9 Å². The van der Waals surface area contributed by atoms with Gasteiger partial charge in [0.1, 0.15) is 0 Å². The van der Waals surface area contributed by atoms with E-state index in [0.29, 0.717) is 5.41 Å². The van der Waals surface area contributed by atoms with Gasteiger partial charge in [0.25, 0.3) is 0 Å². The summed E-state index contributed by atoms with van der Waals surface area (Å²) in [6.07, 6.45) is 12.7. The summed E-state index contributed by atoms with van der Waals surface area (Å²) in [6, 6.07) is 8.33. The molecule has 0 radical (unpaired) electrons. The highest BCUT2D eigenvalue weighted by Gasteiger charge is 2.57. The molecule has 1 aromatic rings. The van der Waals surface area contributed by atoms with Gasteiger partial charge in [-0.1, -0.05) is 25.1 Å². The van der Waals surface area contributed by atoms with Crippen molar-refractivity contribution in [3.8, 4) is 0 Å². The Morgan fingerprint density at radius 2 is 1.76 bits per heavy atom.